The molecule has 112 valence electrons. The molecule has 1 aliphatic heterocycles. The number of likely N-dealkylation sites (tertiary alicyclic amines) is 1. The van der Waals surface area contributed by atoms with Gasteiger partial charge in [0.1, 0.15) is 0 Å². The summed E-state index contributed by atoms with van der Waals surface area (Å²) >= 11 is 1.83. The van der Waals surface area contributed by atoms with E-state index in [0.29, 0.717) is 5.92 Å². The zero-order valence-electron chi connectivity index (χ0n) is 13.1. The predicted molar refractivity (Wildman–Crippen MR) is 88.6 cm³/mol. The van der Waals surface area contributed by atoms with Gasteiger partial charge in [-0.2, -0.15) is 0 Å². The van der Waals surface area contributed by atoms with E-state index in [1.807, 2.05) is 18.4 Å². The third-order valence-corrected chi connectivity index (χ3v) is 5.08. The van der Waals surface area contributed by atoms with Crippen molar-refractivity contribution in [2.75, 3.05) is 26.7 Å². The minimum absolute atomic E-state index is 0.534. The summed E-state index contributed by atoms with van der Waals surface area (Å²) in [4.78, 5) is 8.32. The van der Waals surface area contributed by atoms with E-state index in [4.69, 9.17) is 0 Å². The normalized spacial score (nSPS) is 25.6. The summed E-state index contributed by atoms with van der Waals surface area (Å²) in [6, 6.07) is 4.34. The molecule has 0 radical (unpaired) electrons. The fourth-order valence-corrected chi connectivity index (χ4v) is 3.87. The van der Waals surface area contributed by atoms with Gasteiger partial charge in [0.25, 0.3) is 0 Å². The van der Waals surface area contributed by atoms with Crippen LogP contribution in [0.3, 0.4) is 0 Å². The first-order valence-corrected chi connectivity index (χ1v) is 8.47. The predicted octanol–water partition coefficient (Wildman–Crippen LogP) is 3.40. The SMILES string of the molecule is CN=C(NCC(C)c1cccs1)N1CC(C)CC(C)C1. The van der Waals surface area contributed by atoms with Crippen molar-refractivity contribution < 1.29 is 0 Å². The van der Waals surface area contributed by atoms with Gasteiger partial charge in [0, 0.05) is 37.5 Å². The summed E-state index contributed by atoms with van der Waals surface area (Å²) in [5.41, 5.74) is 0. The molecule has 0 saturated carbocycles. The molecule has 1 N–H and O–H groups in total. The lowest BCUT2D eigenvalue weighted by atomic mass is 9.92. The molecule has 3 atom stereocenters. The lowest BCUT2D eigenvalue weighted by molar-refractivity contribution is 0.208. The van der Waals surface area contributed by atoms with Gasteiger partial charge < -0.3 is 10.2 Å². The summed E-state index contributed by atoms with van der Waals surface area (Å²) < 4.78 is 0. The lowest BCUT2D eigenvalue weighted by Crippen LogP contribution is -2.49. The Labute approximate surface area is 127 Å². The molecule has 2 rings (SSSR count). The second-order valence-electron chi connectivity index (χ2n) is 6.20. The first kappa shape index (κ1) is 15.4. The smallest absolute Gasteiger partial charge is 0.193 e. The van der Waals surface area contributed by atoms with E-state index < -0.39 is 0 Å². The molecule has 2 heterocycles. The van der Waals surface area contributed by atoms with E-state index >= 15 is 0 Å². The van der Waals surface area contributed by atoms with Gasteiger partial charge >= 0.3 is 0 Å². The average molecular weight is 293 g/mol. The molecule has 1 fully saturated rings. The van der Waals surface area contributed by atoms with E-state index in [2.05, 4.69) is 53.5 Å². The number of aliphatic imine (C=N–C) groups is 1. The molecule has 3 unspecified atom stereocenters. The van der Waals surface area contributed by atoms with Crippen LogP contribution in [0.5, 0.6) is 0 Å². The van der Waals surface area contributed by atoms with Crippen LogP contribution in [-0.4, -0.2) is 37.5 Å². The quantitative estimate of drug-likeness (QED) is 0.683. The standard InChI is InChI=1S/C16H27N3S/c1-12-8-13(2)11-19(10-12)16(17-4)18-9-14(3)15-6-5-7-20-15/h5-7,12-14H,8-11H2,1-4H3,(H,17,18). The van der Waals surface area contributed by atoms with Crippen molar-refractivity contribution >= 4 is 17.3 Å². The van der Waals surface area contributed by atoms with Gasteiger partial charge in [-0.1, -0.05) is 26.8 Å². The molecule has 1 aromatic rings. The van der Waals surface area contributed by atoms with Crippen LogP contribution in [0.2, 0.25) is 0 Å². The van der Waals surface area contributed by atoms with Crippen LogP contribution in [0, 0.1) is 11.8 Å². The van der Waals surface area contributed by atoms with Crippen LogP contribution in [0.4, 0.5) is 0 Å². The number of rotatable bonds is 3. The Morgan fingerprint density at radius 3 is 2.70 bits per heavy atom. The number of nitrogens with zero attached hydrogens (tertiary/aromatic N) is 2. The third kappa shape index (κ3) is 3.98. The van der Waals surface area contributed by atoms with E-state index in [1.54, 1.807) is 0 Å². The van der Waals surface area contributed by atoms with Gasteiger partial charge in [0.05, 0.1) is 0 Å². The highest BCUT2D eigenvalue weighted by Crippen LogP contribution is 2.22. The van der Waals surface area contributed by atoms with Crippen molar-refractivity contribution in [3.05, 3.63) is 22.4 Å². The van der Waals surface area contributed by atoms with E-state index in [0.717, 1.165) is 37.4 Å². The van der Waals surface area contributed by atoms with Crippen molar-refractivity contribution in [3.8, 4) is 0 Å². The van der Waals surface area contributed by atoms with Crippen molar-refractivity contribution in [1.82, 2.24) is 10.2 Å². The number of thiophene rings is 1. The molecule has 4 heteroatoms. The van der Waals surface area contributed by atoms with Gasteiger partial charge in [-0.3, -0.25) is 4.99 Å². The van der Waals surface area contributed by atoms with Crippen molar-refractivity contribution in [2.45, 2.75) is 33.1 Å². The Balaban J connectivity index is 1.89. The largest absolute Gasteiger partial charge is 0.356 e. The molecule has 3 nitrogen and oxygen atoms in total. The average Bonchev–Trinajstić information content (AvgIpc) is 2.92. The Morgan fingerprint density at radius 1 is 1.45 bits per heavy atom. The Morgan fingerprint density at radius 2 is 2.15 bits per heavy atom. The monoisotopic (exact) mass is 293 g/mol. The van der Waals surface area contributed by atoms with Crippen LogP contribution >= 0.6 is 11.3 Å². The first-order chi connectivity index (χ1) is 9.60. The second-order valence-corrected chi connectivity index (χ2v) is 7.17. The summed E-state index contributed by atoms with van der Waals surface area (Å²) in [7, 11) is 1.89. The van der Waals surface area contributed by atoms with Gasteiger partial charge in [-0.05, 0) is 29.7 Å². The Hall–Kier alpha value is -1.03. The van der Waals surface area contributed by atoms with Crippen LogP contribution in [0.25, 0.3) is 0 Å². The maximum atomic E-state index is 4.47. The van der Waals surface area contributed by atoms with Crippen LogP contribution in [0.15, 0.2) is 22.5 Å². The van der Waals surface area contributed by atoms with Crippen LogP contribution in [0.1, 0.15) is 38.0 Å². The van der Waals surface area contributed by atoms with Gasteiger partial charge in [0.2, 0.25) is 0 Å². The van der Waals surface area contributed by atoms with Gasteiger partial charge in [-0.25, -0.2) is 0 Å². The van der Waals surface area contributed by atoms with Gasteiger partial charge in [0.15, 0.2) is 5.96 Å². The first-order valence-electron chi connectivity index (χ1n) is 7.59. The number of nitrogens with one attached hydrogen (secondary N) is 1. The highest BCUT2D eigenvalue weighted by molar-refractivity contribution is 7.10. The molecule has 1 aromatic heterocycles. The molecule has 0 aliphatic carbocycles. The summed E-state index contributed by atoms with van der Waals surface area (Å²) in [6.07, 6.45) is 1.33. The molecule has 0 amide bonds. The Bertz CT molecular complexity index is 417. The molecule has 0 spiro atoms. The van der Waals surface area contributed by atoms with Crippen LogP contribution < -0.4 is 5.32 Å². The molecule has 0 bridgehead atoms. The number of hydrogen-bond acceptors (Lipinski definition) is 2. The Kier molecular flexibility index (Phi) is 5.46. The molecule has 20 heavy (non-hydrogen) atoms. The van der Waals surface area contributed by atoms with Crippen molar-refractivity contribution in [3.63, 3.8) is 0 Å². The fourth-order valence-electron chi connectivity index (χ4n) is 3.08. The van der Waals surface area contributed by atoms with E-state index in [-0.39, 0.29) is 0 Å². The molecular formula is C16H27N3S. The highest BCUT2D eigenvalue weighted by Gasteiger charge is 2.24. The fraction of sp³-hybridized carbons (Fsp3) is 0.688. The molecule has 1 aliphatic rings. The van der Waals surface area contributed by atoms with E-state index in [9.17, 15) is 0 Å². The maximum absolute atomic E-state index is 4.47. The highest BCUT2D eigenvalue weighted by atomic mass is 32.1. The zero-order valence-corrected chi connectivity index (χ0v) is 13.9. The second kappa shape index (κ2) is 7.11. The number of hydrogen-bond donors (Lipinski definition) is 1. The zero-order chi connectivity index (χ0) is 14.5. The van der Waals surface area contributed by atoms with Crippen molar-refractivity contribution in [1.29, 1.82) is 0 Å². The minimum Gasteiger partial charge on any atom is -0.356 e. The van der Waals surface area contributed by atoms with Gasteiger partial charge in [-0.15, -0.1) is 11.3 Å². The van der Waals surface area contributed by atoms with Crippen LogP contribution in [-0.2, 0) is 0 Å². The van der Waals surface area contributed by atoms with E-state index in [1.165, 1.54) is 11.3 Å². The summed E-state index contributed by atoms with van der Waals surface area (Å²) in [5.74, 6) is 3.11. The molecule has 0 aromatic carbocycles. The summed E-state index contributed by atoms with van der Waals surface area (Å²) in [5, 5.41) is 5.70. The third-order valence-electron chi connectivity index (χ3n) is 3.98. The van der Waals surface area contributed by atoms with Crippen molar-refractivity contribution in [2.24, 2.45) is 16.8 Å². The minimum atomic E-state index is 0.534. The molecule has 1 saturated heterocycles. The maximum Gasteiger partial charge on any atom is 0.193 e. The molecular weight excluding hydrogens is 266 g/mol. The number of piperidine rings is 1. The topological polar surface area (TPSA) is 27.6 Å². The summed E-state index contributed by atoms with van der Waals surface area (Å²) in [6.45, 7) is 10.1. The number of guanidine groups is 1. The lowest BCUT2D eigenvalue weighted by Gasteiger charge is -2.37.